The number of imidazole rings is 1. The van der Waals surface area contributed by atoms with E-state index >= 15 is 0 Å². The van der Waals surface area contributed by atoms with Gasteiger partial charge in [-0.1, -0.05) is 0 Å². The molecule has 0 radical (unpaired) electrons. The van der Waals surface area contributed by atoms with Crippen molar-refractivity contribution in [3.05, 3.63) is 27.2 Å². The third-order valence-corrected chi connectivity index (χ3v) is 1.65. The van der Waals surface area contributed by atoms with Crippen molar-refractivity contribution in [3.8, 4) is 0 Å². The normalized spacial score (nSPS) is 10.6. The maximum atomic E-state index is 11.2. The predicted molar refractivity (Wildman–Crippen MR) is 44.4 cm³/mol. The van der Waals surface area contributed by atoms with Crippen molar-refractivity contribution in [1.82, 2.24) is 19.5 Å². The molecule has 0 fully saturated rings. The molecule has 0 spiro atoms. The molecule has 0 saturated carbocycles. The Kier molecular flexibility index (Phi) is 1.50. The fourth-order valence-corrected chi connectivity index (χ4v) is 1.10. The quantitative estimate of drug-likeness (QED) is 0.495. The summed E-state index contributed by atoms with van der Waals surface area (Å²) in [7, 11) is 0. The molecule has 0 aliphatic carbocycles. The van der Waals surface area contributed by atoms with Crippen molar-refractivity contribution in [2.45, 2.75) is 0 Å². The number of hydrogen-bond donors (Lipinski definition) is 3. The van der Waals surface area contributed by atoms with E-state index in [4.69, 9.17) is 5.11 Å². The molecule has 0 unspecified atom stereocenters. The van der Waals surface area contributed by atoms with Crippen LogP contribution in [0.1, 0.15) is 0 Å². The van der Waals surface area contributed by atoms with Crippen molar-refractivity contribution in [3.63, 3.8) is 0 Å². The lowest BCUT2D eigenvalue weighted by molar-refractivity contribution is 0.197. The molecule has 0 saturated heterocycles. The van der Waals surface area contributed by atoms with Gasteiger partial charge in [-0.05, 0) is 0 Å². The van der Waals surface area contributed by atoms with Gasteiger partial charge in [0.15, 0.2) is 11.2 Å². The molecule has 2 aromatic rings. The summed E-state index contributed by atoms with van der Waals surface area (Å²) in [4.78, 5) is 40.2. The molecule has 2 rings (SSSR count). The number of fused-ring (bicyclic) bond motifs is 1. The van der Waals surface area contributed by atoms with Gasteiger partial charge in [-0.25, -0.2) is 19.1 Å². The van der Waals surface area contributed by atoms with E-state index in [1.165, 1.54) is 0 Å². The van der Waals surface area contributed by atoms with Crippen LogP contribution in [0.5, 0.6) is 0 Å². The highest BCUT2D eigenvalue weighted by atomic mass is 16.4. The Hall–Kier alpha value is -2.38. The number of nitrogens with one attached hydrogen (secondary N) is 2. The number of hydrogen-bond acceptors (Lipinski definition) is 4. The van der Waals surface area contributed by atoms with Crippen LogP contribution >= 0.6 is 0 Å². The van der Waals surface area contributed by atoms with E-state index in [1.54, 1.807) is 0 Å². The molecule has 0 amide bonds. The van der Waals surface area contributed by atoms with Crippen LogP contribution in [0.4, 0.5) is 4.79 Å². The first-order valence-corrected chi connectivity index (χ1v) is 3.52. The average molecular weight is 196 g/mol. The van der Waals surface area contributed by atoms with E-state index in [1.807, 2.05) is 4.98 Å². The number of aromatic amines is 2. The van der Waals surface area contributed by atoms with Crippen molar-refractivity contribution in [2.75, 3.05) is 0 Å². The third-order valence-electron chi connectivity index (χ3n) is 1.65. The van der Waals surface area contributed by atoms with Crippen LogP contribution in [0.2, 0.25) is 0 Å². The van der Waals surface area contributed by atoms with E-state index in [9.17, 15) is 14.4 Å². The number of carboxylic acid groups (broad SMARTS) is 1. The molecule has 14 heavy (non-hydrogen) atoms. The maximum absolute atomic E-state index is 11.2. The van der Waals surface area contributed by atoms with Gasteiger partial charge in [0, 0.05) is 0 Å². The first kappa shape index (κ1) is 8.23. The zero-order valence-corrected chi connectivity index (χ0v) is 6.64. The van der Waals surface area contributed by atoms with Gasteiger partial charge in [0.05, 0.1) is 0 Å². The smallest absolute Gasteiger partial charge is 0.417 e. The monoisotopic (exact) mass is 196 g/mol. The van der Waals surface area contributed by atoms with E-state index in [-0.39, 0.29) is 11.2 Å². The second kappa shape index (κ2) is 2.55. The van der Waals surface area contributed by atoms with Crippen LogP contribution in [0.25, 0.3) is 11.2 Å². The third kappa shape index (κ3) is 1.01. The van der Waals surface area contributed by atoms with Crippen LogP contribution in [0, 0.1) is 0 Å². The second-order valence-electron chi connectivity index (χ2n) is 2.50. The van der Waals surface area contributed by atoms with Crippen LogP contribution < -0.4 is 11.2 Å². The number of H-pyrrole nitrogens is 2. The SMILES string of the molecule is O=C(O)n1cnc2[nH]c(=O)[nH]c(=O)c21. The molecular weight excluding hydrogens is 192 g/mol. The summed E-state index contributed by atoms with van der Waals surface area (Å²) in [5, 5.41) is 8.64. The number of nitrogens with zero attached hydrogens (tertiary/aromatic N) is 2. The van der Waals surface area contributed by atoms with Gasteiger partial charge in [-0.3, -0.25) is 14.8 Å². The van der Waals surface area contributed by atoms with Gasteiger partial charge < -0.3 is 5.11 Å². The van der Waals surface area contributed by atoms with Gasteiger partial charge in [-0.15, -0.1) is 0 Å². The van der Waals surface area contributed by atoms with Crippen LogP contribution in [-0.4, -0.2) is 30.7 Å². The second-order valence-corrected chi connectivity index (χ2v) is 2.50. The van der Waals surface area contributed by atoms with Gasteiger partial charge in [-0.2, -0.15) is 0 Å². The van der Waals surface area contributed by atoms with Gasteiger partial charge >= 0.3 is 11.8 Å². The first-order chi connectivity index (χ1) is 6.59. The fourth-order valence-electron chi connectivity index (χ4n) is 1.10. The molecule has 0 aliphatic rings. The Morgan fingerprint density at radius 1 is 1.43 bits per heavy atom. The molecule has 0 bridgehead atoms. The summed E-state index contributed by atoms with van der Waals surface area (Å²) in [5.41, 5.74) is -1.76. The Morgan fingerprint density at radius 2 is 2.14 bits per heavy atom. The summed E-state index contributed by atoms with van der Waals surface area (Å²) in [6, 6.07) is 0. The topological polar surface area (TPSA) is 121 Å². The zero-order chi connectivity index (χ0) is 10.3. The van der Waals surface area contributed by atoms with Crippen molar-refractivity contribution < 1.29 is 9.90 Å². The summed E-state index contributed by atoms with van der Waals surface area (Å²) < 4.78 is 0.629. The molecule has 2 heterocycles. The summed E-state index contributed by atoms with van der Waals surface area (Å²) in [6.45, 7) is 0. The van der Waals surface area contributed by atoms with E-state index < -0.39 is 17.3 Å². The van der Waals surface area contributed by atoms with Gasteiger partial charge in [0.25, 0.3) is 5.56 Å². The van der Waals surface area contributed by atoms with Gasteiger partial charge in [0.2, 0.25) is 0 Å². The van der Waals surface area contributed by atoms with E-state index in [2.05, 4.69) is 9.97 Å². The molecule has 2 aromatic heterocycles. The molecule has 0 aliphatic heterocycles. The van der Waals surface area contributed by atoms with E-state index in [0.717, 1.165) is 6.33 Å². The first-order valence-electron chi connectivity index (χ1n) is 3.52. The van der Waals surface area contributed by atoms with Gasteiger partial charge in [0.1, 0.15) is 6.33 Å². The Bertz CT molecular complexity index is 619. The van der Waals surface area contributed by atoms with Crippen molar-refractivity contribution >= 4 is 17.3 Å². The Morgan fingerprint density at radius 3 is 2.79 bits per heavy atom. The highest BCUT2D eigenvalue weighted by molar-refractivity contribution is 5.82. The lowest BCUT2D eigenvalue weighted by atomic mass is 10.5. The highest BCUT2D eigenvalue weighted by Crippen LogP contribution is 2.00. The van der Waals surface area contributed by atoms with Crippen LogP contribution in [-0.2, 0) is 0 Å². The molecule has 0 aromatic carbocycles. The van der Waals surface area contributed by atoms with Crippen molar-refractivity contribution in [2.24, 2.45) is 0 Å². The van der Waals surface area contributed by atoms with Crippen LogP contribution in [0.3, 0.4) is 0 Å². The average Bonchev–Trinajstić information content (AvgIpc) is 2.47. The standard InChI is InChI=1S/C6H4N4O4/c11-4-2-3(8-5(12)9-4)7-1-10(2)6(13)14/h1H,(H,13,14)(H2,8,9,11,12). The molecule has 3 N–H and O–H groups in total. The molecule has 72 valence electrons. The van der Waals surface area contributed by atoms with Crippen molar-refractivity contribution in [1.29, 1.82) is 0 Å². The molecule has 0 atom stereocenters. The molecule has 8 nitrogen and oxygen atoms in total. The lowest BCUT2D eigenvalue weighted by Crippen LogP contribution is -2.24. The summed E-state index contributed by atoms with van der Waals surface area (Å²) >= 11 is 0. The van der Waals surface area contributed by atoms with E-state index in [0.29, 0.717) is 4.57 Å². The predicted octanol–water partition coefficient (Wildman–Crippen LogP) is -1.06. The number of carbonyl (C=O) groups is 1. The zero-order valence-electron chi connectivity index (χ0n) is 6.64. The Labute approximate surface area is 74.8 Å². The fraction of sp³-hybridized carbons (Fsp3) is 0. The minimum atomic E-state index is -1.34. The lowest BCUT2D eigenvalue weighted by Gasteiger charge is -1.92. The summed E-state index contributed by atoms with van der Waals surface area (Å²) in [6.07, 6.45) is -0.400. The largest absolute Gasteiger partial charge is 0.464 e. The Balaban J connectivity index is 3.00. The minimum absolute atomic E-state index is 0.0545. The minimum Gasteiger partial charge on any atom is -0.464 e. The highest BCUT2D eigenvalue weighted by Gasteiger charge is 2.12. The molecular formula is C6H4N4O4. The maximum Gasteiger partial charge on any atom is 0.417 e. The van der Waals surface area contributed by atoms with Crippen LogP contribution in [0.15, 0.2) is 15.9 Å². The number of aromatic nitrogens is 4. The number of rotatable bonds is 0. The molecule has 8 heteroatoms. The summed E-state index contributed by atoms with van der Waals surface area (Å²) in [5.74, 6) is 0.